The Morgan fingerprint density at radius 3 is 1.58 bits per heavy atom. The Morgan fingerprint density at radius 2 is 0.896 bits per heavy atom. The van der Waals surface area contributed by atoms with Crippen LogP contribution in [0.4, 0.5) is 0 Å². The van der Waals surface area contributed by atoms with E-state index in [1.54, 1.807) is 0 Å². The molecule has 8 aromatic carbocycles. The molecule has 48 heavy (non-hydrogen) atoms. The number of hydrogen-bond donors (Lipinski definition) is 0. The minimum absolute atomic E-state index is 0.812. The third-order valence-corrected chi connectivity index (χ3v) is 10.1. The number of para-hydroxylation sites is 2. The first kappa shape index (κ1) is 25.6. The van der Waals surface area contributed by atoms with Crippen LogP contribution in [0.5, 0.6) is 0 Å². The third-order valence-electron chi connectivity index (χ3n) is 10.1. The van der Waals surface area contributed by atoms with Crippen molar-refractivity contribution in [3.05, 3.63) is 158 Å². The molecule has 3 heterocycles. The topological polar surface area (TPSA) is 35.6 Å². The van der Waals surface area contributed by atoms with E-state index < -0.39 is 0 Å². The molecule has 0 saturated carbocycles. The van der Waals surface area contributed by atoms with Crippen molar-refractivity contribution in [2.75, 3.05) is 0 Å². The van der Waals surface area contributed by atoms with Gasteiger partial charge < -0.3 is 4.57 Å². The van der Waals surface area contributed by atoms with Crippen molar-refractivity contribution in [2.24, 2.45) is 0 Å². The monoisotopic (exact) mass is 610 g/mol. The summed E-state index contributed by atoms with van der Waals surface area (Å²) in [7, 11) is 0. The first-order chi connectivity index (χ1) is 23.8. The Bertz CT molecular complexity index is 3090. The maximum absolute atomic E-state index is 5.42. The van der Waals surface area contributed by atoms with Crippen LogP contribution in [0.3, 0.4) is 0 Å². The molecule has 0 aliphatic carbocycles. The van der Waals surface area contributed by atoms with E-state index in [-0.39, 0.29) is 0 Å². The lowest BCUT2D eigenvalue weighted by Crippen LogP contribution is -2.00. The van der Waals surface area contributed by atoms with Gasteiger partial charge in [0.1, 0.15) is 0 Å². The summed E-state index contributed by atoms with van der Waals surface area (Å²) < 4.78 is 4.71. The summed E-state index contributed by atoms with van der Waals surface area (Å²) >= 11 is 0. The van der Waals surface area contributed by atoms with Crippen molar-refractivity contribution in [3.8, 4) is 11.5 Å². The molecule has 0 atom stereocenters. The van der Waals surface area contributed by atoms with Crippen molar-refractivity contribution >= 4 is 87.0 Å². The number of aromatic nitrogens is 4. The van der Waals surface area contributed by atoms with Gasteiger partial charge in [-0.1, -0.05) is 115 Å². The van der Waals surface area contributed by atoms with Crippen molar-refractivity contribution in [3.63, 3.8) is 0 Å². The van der Waals surface area contributed by atoms with Crippen LogP contribution in [0.2, 0.25) is 0 Å². The molecule has 0 N–H and O–H groups in total. The summed E-state index contributed by atoms with van der Waals surface area (Å²) in [5.74, 6) is 0.812. The van der Waals surface area contributed by atoms with Gasteiger partial charge in [-0.3, -0.25) is 9.55 Å². The van der Waals surface area contributed by atoms with E-state index >= 15 is 0 Å². The van der Waals surface area contributed by atoms with Gasteiger partial charge in [-0.2, -0.15) is 0 Å². The van der Waals surface area contributed by atoms with Gasteiger partial charge in [0.15, 0.2) is 5.82 Å². The largest absolute Gasteiger partial charge is 0.309 e. The molecule has 0 spiro atoms. The SMILES string of the molecule is c1ccc2cc(-n3c4ccccc4c4c5c6ccccc6n(-c6cnc7c8ccccc8c8ccccc8c7n6)c5ccc43)ccc2c1. The standard InChI is InChI=1S/C44H26N4/c1-2-12-28-25-29(22-21-27(28)11-1)47-36-19-9-7-17-34(36)41-38(47)23-24-39-42(41)35-18-8-10-20-37(35)48(39)40-26-45-43-32-15-5-3-13-30(32)31-14-4-6-16-33(31)44(43)46-40/h1-26H. The molecule has 11 aromatic rings. The number of benzene rings is 8. The van der Waals surface area contributed by atoms with Crippen LogP contribution >= 0.6 is 0 Å². The molecular weight excluding hydrogens is 585 g/mol. The molecule has 11 rings (SSSR count). The normalized spacial score (nSPS) is 12.2. The van der Waals surface area contributed by atoms with E-state index in [9.17, 15) is 0 Å². The molecule has 0 amide bonds. The number of hydrogen-bond acceptors (Lipinski definition) is 2. The Hall–Kier alpha value is -6.52. The second kappa shape index (κ2) is 9.50. The number of rotatable bonds is 2. The zero-order valence-electron chi connectivity index (χ0n) is 25.8. The van der Waals surface area contributed by atoms with Crippen LogP contribution in [-0.4, -0.2) is 19.1 Å². The van der Waals surface area contributed by atoms with E-state index in [1.165, 1.54) is 54.1 Å². The molecule has 0 radical (unpaired) electrons. The highest BCUT2D eigenvalue weighted by atomic mass is 15.1. The fourth-order valence-corrected chi connectivity index (χ4v) is 8.08. The molecule has 0 unspecified atom stereocenters. The number of nitrogens with zero attached hydrogens (tertiary/aromatic N) is 4. The predicted octanol–water partition coefficient (Wildman–Crippen LogP) is 11.3. The van der Waals surface area contributed by atoms with E-state index in [0.29, 0.717) is 0 Å². The fourth-order valence-electron chi connectivity index (χ4n) is 8.08. The van der Waals surface area contributed by atoms with E-state index in [2.05, 4.69) is 161 Å². The van der Waals surface area contributed by atoms with Crippen LogP contribution in [-0.2, 0) is 0 Å². The van der Waals surface area contributed by atoms with Crippen molar-refractivity contribution in [1.82, 2.24) is 19.1 Å². The Labute approximate surface area is 274 Å². The smallest absolute Gasteiger partial charge is 0.156 e. The maximum atomic E-state index is 5.42. The van der Waals surface area contributed by atoms with Crippen LogP contribution in [0, 0.1) is 0 Å². The van der Waals surface area contributed by atoms with Gasteiger partial charge in [0.2, 0.25) is 0 Å². The summed E-state index contributed by atoms with van der Waals surface area (Å²) in [6, 6.07) is 54.4. The van der Waals surface area contributed by atoms with Crippen LogP contribution < -0.4 is 0 Å². The summed E-state index contributed by atoms with van der Waals surface area (Å²) in [5.41, 5.74) is 7.60. The zero-order valence-corrected chi connectivity index (χ0v) is 25.8. The van der Waals surface area contributed by atoms with E-state index in [4.69, 9.17) is 9.97 Å². The van der Waals surface area contributed by atoms with Gasteiger partial charge >= 0.3 is 0 Å². The van der Waals surface area contributed by atoms with Gasteiger partial charge in [0.05, 0.1) is 39.3 Å². The summed E-state index contributed by atoms with van der Waals surface area (Å²) in [5, 5.41) is 12.0. The number of fused-ring (bicyclic) bond motifs is 14. The lowest BCUT2D eigenvalue weighted by atomic mass is 10.00. The lowest BCUT2D eigenvalue weighted by Gasteiger charge is -2.12. The molecule has 4 heteroatoms. The third kappa shape index (κ3) is 3.38. The molecule has 0 bridgehead atoms. The molecule has 222 valence electrons. The fraction of sp³-hybridized carbons (Fsp3) is 0. The summed E-state index contributed by atoms with van der Waals surface area (Å²) in [6.45, 7) is 0. The molecule has 0 fully saturated rings. The molecule has 0 saturated heterocycles. The molecular formula is C44H26N4. The minimum atomic E-state index is 0.812. The maximum Gasteiger partial charge on any atom is 0.156 e. The van der Waals surface area contributed by atoms with E-state index in [0.717, 1.165) is 44.3 Å². The van der Waals surface area contributed by atoms with Crippen molar-refractivity contribution in [2.45, 2.75) is 0 Å². The van der Waals surface area contributed by atoms with Crippen LogP contribution in [0.15, 0.2) is 158 Å². The van der Waals surface area contributed by atoms with Gasteiger partial charge in [-0.15, -0.1) is 0 Å². The predicted molar refractivity (Wildman–Crippen MR) is 201 cm³/mol. The van der Waals surface area contributed by atoms with Crippen LogP contribution in [0.25, 0.3) is 98.5 Å². The minimum Gasteiger partial charge on any atom is -0.309 e. The second-order valence-corrected chi connectivity index (χ2v) is 12.6. The average Bonchev–Trinajstić information content (AvgIpc) is 3.67. The highest BCUT2D eigenvalue weighted by molar-refractivity contribution is 6.29. The Kier molecular flexibility index (Phi) is 5.08. The van der Waals surface area contributed by atoms with Gasteiger partial charge in [-0.25, -0.2) is 4.98 Å². The summed E-state index contributed by atoms with van der Waals surface area (Å²) in [6.07, 6.45) is 1.94. The first-order valence-electron chi connectivity index (χ1n) is 16.3. The molecule has 3 aromatic heterocycles. The van der Waals surface area contributed by atoms with Crippen molar-refractivity contribution < 1.29 is 0 Å². The highest BCUT2D eigenvalue weighted by Gasteiger charge is 2.21. The molecule has 0 aliphatic heterocycles. The zero-order chi connectivity index (χ0) is 31.3. The van der Waals surface area contributed by atoms with E-state index in [1.807, 2.05) is 6.20 Å². The molecule has 0 aliphatic rings. The highest BCUT2D eigenvalue weighted by Crippen LogP contribution is 2.43. The lowest BCUT2D eigenvalue weighted by molar-refractivity contribution is 1.08. The van der Waals surface area contributed by atoms with Crippen molar-refractivity contribution in [1.29, 1.82) is 0 Å². The average molecular weight is 611 g/mol. The Balaban J connectivity index is 1.26. The van der Waals surface area contributed by atoms with Gasteiger partial charge in [-0.05, 0) is 57.9 Å². The van der Waals surface area contributed by atoms with Gasteiger partial charge in [0.25, 0.3) is 0 Å². The molecule has 4 nitrogen and oxygen atoms in total. The Morgan fingerprint density at radius 1 is 0.375 bits per heavy atom. The quantitative estimate of drug-likeness (QED) is 0.183. The van der Waals surface area contributed by atoms with Gasteiger partial charge in [0, 0.05) is 38.0 Å². The van der Waals surface area contributed by atoms with Crippen LogP contribution in [0.1, 0.15) is 0 Å². The second-order valence-electron chi connectivity index (χ2n) is 12.6. The summed E-state index contributed by atoms with van der Waals surface area (Å²) in [4.78, 5) is 10.5. The first-order valence-corrected chi connectivity index (χ1v) is 16.3.